The Hall–Kier alpha value is -0.640. The summed E-state index contributed by atoms with van der Waals surface area (Å²) < 4.78 is 6.59. The molecule has 0 aromatic heterocycles. The average Bonchev–Trinajstić information content (AvgIpc) is 2.85. The quantitative estimate of drug-likeness (QED) is 0.643. The van der Waals surface area contributed by atoms with Crippen LogP contribution in [-0.4, -0.2) is 0 Å². The molecular weight excluding hydrogens is 368 g/mol. The molecule has 1 aliphatic rings. The van der Waals surface area contributed by atoms with E-state index in [1.165, 1.54) is 27.8 Å². The lowest BCUT2D eigenvalue weighted by atomic mass is 9.98. The molecule has 3 rings (SSSR count). The molecule has 0 N–H and O–H groups in total. The van der Waals surface area contributed by atoms with Gasteiger partial charge in [0.15, 0.2) is 0 Å². The number of benzene rings is 2. The SMILES string of the molecule is Cc1cc(Br)ccc1C(Br)c1ccc2c(c1)COC2. The van der Waals surface area contributed by atoms with E-state index < -0.39 is 0 Å². The van der Waals surface area contributed by atoms with Gasteiger partial charge in [-0.25, -0.2) is 0 Å². The molecule has 0 fully saturated rings. The van der Waals surface area contributed by atoms with Gasteiger partial charge in [-0.2, -0.15) is 0 Å². The van der Waals surface area contributed by atoms with Crippen LogP contribution in [0.1, 0.15) is 32.6 Å². The van der Waals surface area contributed by atoms with Crippen molar-refractivity contribution in [3.05, 3.63) is 68.7 Å². The predicted molar refractivity (Wildman–Crippen MR) is 84.6 cm³/mol. The largest absolute Gasteiger partial charge is 0.372 e. The maximum atomic E-state index is 5.47. The fourth-order valence-electron chi connectivity index (χ4n) is 2.45. The highest BCUT2D eigenvalue weighted by molar-refractivity contribution is 9.10. The summed E-state index contributed by atoms with van der Waals surface area (Å²) in [4.78, 5) is 0.228. The maximum Gasteiger partial charge on any atom is 0.0725 e. The Morgan fingerprint density at radius 2 is 1.84 bits per heavy atom. The van der Waals surface area contributed by atoms with Gasteiger partial charge in [-0.3, -0.25) is 0 Å². The first-order chi connectivity index (χ1) is 9.15. The second-order valence-electron chi connectivity index (χ2n) is 4.88. The molecule has 1 unspecified atom stereocenters. The van der Waals surface area contributed by atoms with Crippen LogP contribution >= 0.6 is 31.9 Å². The monoisotopic (exact) mass is 380 g/mol. The van der Waals surface area contributed by atoms with Crippen LogP contribution in [-0.2, 0) is 18.0 Å². The molecule has 19 heavy (non-hydrogen) atoms. The molecule has 0 saturated carbocycles. The average molecular weight is 382 g/mol. The summed E-state index contributed by atoms with van der Waals surface area (Å²) in [6.07, 6.45) is 0. The Morgan fingerprint density at radius 3 is 2.63 bits per heavy atom. The highest BCUT2D eigenvalue weighted by atomic mass is 79.9. The van der Waals surface area contributed by atoms with Crippen molar-refractivity contribution in [2.45, 2.75) is 25.0 Å². The lowest BCUT2D eigenvalue weighted by Crippen LogP contribution is -1.97. The van der Waals surface area contributed by atoms with Crippen molar-refractivity contribution >= 4 is 31.9 Å². The Balaban J connectivity index is 1.97. The molecular formula is C16H14Br2O. The number of ether oxygens (including phenoxy) is 1. The van der Waals surface area contributed by atoms with E-state index in [-0.39, 0.29) is 4.83 Å². The van der Waals surface area contributed by atoms with Gasteiger partial charge < -0.3 is 4.74 Å². The Labute approximate surface area is 130 Å². The Kier molecular flexibility index (Phi) is 3.79. The third kappa shape index (κ3) is 2.64. The normalized spacial score (nSPS) is 15.3. The number of halogens is 2. The number of hydrogen-bond acceptors (Lipinski definition) is 1. The topological polar surface area (TPSA) is 9.23 Å². The molecule has 98 valence electrons. The van der Waals surface area contributed by atoms with Gasteiger partial charge in [0.05, 0.1) is 18.0 Å². The molecule has 2 aromatic rings. The number of fused-ring (bicyclic) bond motifs is 1. The number of hydrogen-bond donors (Lipinski definition) is 0. The lowest BCUT2D eigenvalue weighted by molar-refractivity contribution is 0.134. The standard InChI is InChI=1S/C16H14Br2O/c1-10-6-14(17)4-5-15(10)16(18)11-2-3-12-8-19-9-13(12)7-11/h2-7,16H,8-9H2,1H3. The van der Waals surface area contributed by atoms with Crippen molar-refractivity contribution in [3.63, 3.8) is 0 Å². The Morgan fingerprint density at radius 1 is 1.05 bits per heavy atom. The summed E-state index contributed by atoms with van der Waals surface area (Å²) in [5, 5.41) is 0. The third-order valence-electron chi connectivity index (χ3n) is 3.54. The molecule has 0 radical (unpaired) electrons. The molecule has 1 atom stereocenters. The van der Waals surface area contributed by atoms with Crippen molar-refractivity contribution in [2.24, 2.45) is 0 Å². The minimum absolute atomic E-state index is 0.228. The van der Waals surface area contributed by atoms with Crippen molar-refractivity contribution in [1.82, 2.24) is 0 Å². The van der Waals surface area contributed by atoms with Crippen molar-refractivity contribution in [3.8, 4) is 0 Å². The zero-order valence-corrected chi connectivity index (χ0v) is 13.8. The summed E-state index contributed by atoms with van der Waals surface area (Å²) in [5.74, 6) is 0. The van der Waals surface area contributed by atoms with Gasteiger partial charge in [0.25, 0.3) is 0 Å². The lowest BCUT2D eigenvalue weighted by Gasteiger charge is -2.15. The van der Waals surface area contributed by atoms with Crippen molar-refractivity contribution in [2.75, 3.05) is 0 Å². The van der Waals surface area contributed by atoms with E-state index >= 15 is 0 Å². The first-order valence-corrected chi connectivity index (χ1v) is 7.95. The van der Waals surface area contributed by atoms with Gasteiger partial charge in [0.2, 0.25) is 0 Å². The summed E-state index contributed by atoms with van der Waals surface area (Å²) >= 11 is 7.33. The van der Waals surface area contributed by atoms with E-state index in [1.54, 1.807) is 0 Å². The molecule has 1 heterocycles. The summed E-state index contributed by atoms with van der Waals surface area (Å²) in [6, 6.07) is 13.0. The summed E-state index contributed by atoms with van der Waals surface area (Å²) in [5.41, 5.74) is 6.51. The summed E-state index contributed by atoms with van der Waals surface area (Å²) in [6.45, 7) is 3.63. The molecule has 1 aliphatic heterocycles. The second kappa shape index (κ2) is 5.39. The third-order valence-corrected chi connectivity index (χ3v) is 5.06. The van der Waals surface area contributed by atoms with Gasteiger partial charge in [-0.1, -0.05) is 56.1 Å². The zero-order valence-electron chi connectivity index (χ0n) is 10.6. The van der Waals surface area contributed by atoms with Crippen LogP contribution in [0, 0.1) is 6.92 Å². The fraction of sp³-hybridized carbons (Fsp3) is 0.250. The van der Waals surface area contributed by atoms with Crippen LogP contribution in [0.25, 0.3) is 0 Å². The molecule has 0 aliphatic carbocycles. The molecule has 0 bridgehead atoms. The predicted octanol–water partition coefficient (Wildman–Crippen LogP) is 5.27. The Bertz CT molecular complexity index is 622. The van der Waals surface area contributed by atoms with Crippen LogP contribution in [0.5, 0.6) is 0 Å². The van der Waals surface area contributed by atoms with Gasteiger partial charge in [0, 0.05) is 4.47 Å². The second-order valence-corrected chi connectivity index (χ2v) is 6.72. The van der Waals surface area contributed by atoms with E-state index in [2.05, 4.69) is 75.2 Å². The van der Waals surface area contributed by atoms with Crippen molar-refractivity contribution < 1.29 is 4.74 Å². The fourth-order valence-corrected chi connectivity index (χ4v) is 3.73. The first-order valence-electron chi connectivity index (χ1n) is 6.25. The minimum atomic E-state index is 0.228. The number of rotatable bonds is 2. The molecule has 2 aromatic carbocycles. The van der Waals surface area contributed by atoms with Crippen LogP contribution in [0.15, 0.2) is 40.9 Å². The highest BCUT2D eigenvalue weighted by Gasteiger charge is 2.17. The molecule has 0 saturated heterocycles. The van der Waals surface area contributed by atoms with E-state index in [1.807, 2.05) is 0 Å². The smallest absolute Gasteiger partial charge is 0.0725 e. The molecule has 0 amide bonds. The maximum absolute atomic E-state index is 5.47. The van der Waals surface area contributed by atoms with Gasteiger partial charge >= 0.3 is 0 Å². The first kappa shape index (κ1) is 13.3. The van der Waals surface area contributed by atoms with E-state index in [0.29, 0.717) is 0 Å². The van der Waals surface area contributed by atoms with Crippen molar-refractivity contribution in [1.29, 1.82) is 0 Å². The molecule has 1 nitrogen and oxygen atoms in total. The highest BCUT2D eigenvalue weighted by Crippen LogP contribution is 2.35. The van der Waals surface area contributed by atoms with E-state index in [4.69, 9.17) is 4.74 Å². The number of aryl methyl sites for hydroxylation is 1. The van der Waals surface area contributed by atoms with Gasteiger partial charge in [0.1, 0.15) is 0 Å². The van der Waals surface area contributed by atoms with Crippen LogP contribution in [0.2, 0.25) is 0 Å². The molecule has 0 spiro atoms. The van der Waals surface area contributed by atoms with Gasteiger partial charge in [-0.15, -0.1) is 0 Å². The zero-order chi connectivity index (χ0) is 13.4. The van der Waals surface area contributed by atoms with Crippen LogP contribution in [0.3, 0.4) is 0 Å². The summed E-state index contributed by atoms with van der Waals surface area (Å²) in [7, 11) is 0. The van der Waals surface area contributed by atoms with E-state index in [0.717, 1.165) is 17.7 Å². The van der Waals surface area contributed by atoms with Gasteiger partial charge in [-0.05, 0) is 46.9 Å². The van der Waals surface area contributed by atoms with E-state index in [9.17, 15) is 0 Å². The molecule has 3 heteroatoms. The van der Waals surface area contributed by atoms with Crippen LogP contribution < -0.4 is 0 Å². The van der Waals surface area contributed by atoms with Crippen LogP contribution in [0.4, 0.5) is 0 Å². The minimum Gasteiger partial charge on any atom is -0.372 e. The number of alkyl halides is 1.